The molecule has 1 aliphatic heterocycles. The first-order valence-electron chi connectivity index (χ1n) is 48.0. The van der Waals surface area contributed by atoms with Crippen molar-refractivity contribution in [3.63, 3.8) is 0 Å². The number of phosphoric acid groups is 2. The average molecular weight is 1760 g/mol. The maximum Gasteiger partial charge on any atom is 0.472 e. The van der Waals surface area contributed by atoms with E-state index in [4.69, 9.17) is 46.5 Å². The fourth-order valence-electron chi connectivity index (χ4n) is 14.2. The van der Waals surface area contributed by atoms with E-state index in [0.717, 1.165) is 154 Å². The molecule has 8 atom stereocenters. The van der Waals surface area contributed by atoms with E-state index >= 15 is 0 Å². The van der Waals surface area contributed by atoms with E-state index in [1.54, 1.807) is 0 Å². The molecule has 6 N–H and O–H groups in total. The van der Waals surface area contributed by atoms with Gasteiger partial charge in [0.25, 0.3) is 11.8 Å². The number of unbranched alkanes of at least 4 members (excludes halogenated alkanes) is 38. The van der Waals surface area contributed by atoms with Gasteiger partial charge in [-0.3, -0.25) is 56.5 Å². The molecule has 0 aromatic heterocycles. The summed E-state index contributed by atoms with van der Waals surface area (Å²) in [6.45, 7) is 12.9. The van der Waals surface area contributed by atoms with Crippen molar-refractivity contribution < 1.29 is 104 Å². The fraction of sp³-hybridized carbons (Fsp3) is 0.871. The Balaban J connectivity index is 3.06. The first-order chi connectivity index (χ1) is 58.4. The standard InChI is InChI=1S/C93H172N4O22P2/c1-9-15-21-27-31-35-37-41-43-49-53-59-81(98)73-85(100)96-79(75-110-69-65-83(61-55-47-25-19-13-5)116-87(102)63-57-51-45-39-33-29-23-17-11-3)77-114-120(106,107)112-71-67-94-91(104)89-90(119-93(7,8)118-89)92(105)95-68-72-113-121(108,109)115-78-80(97-86(101)74-82(99)60-54-50-44-42-38-36-32-28-22-16-10-2)76-111-70-66-84(62-56-48-26-20-14-6)117-88(103)64-58-52-46-40-34-30-24-18-12-4/h39-40,45-46,79-80,83-84,89-90H,9-38,41-44,47-78H2,1-8H3,(H,94,104)(H,95,105)(H,96,100)(H,97,101)(H,106,107)(H,108,109)/t79-,80-,83-,84-,89-,90+/m1/s1. The van der Waals surface area contributed by atoms with Crippen LogP contribution < -0.4 is 21.3 Å². The lowest BCUT2D eigenvalue weighted by Gasteiger charge is -2.22. The third-order valence-corrected chi connectivity index (χ3v) is 23.3. The number of ketones is 2. The minimum Gasteiger partial charge on any atom is -0.462 e. The van der Waals surface area contributed by atoms with Gasteiger partial charge < -0.3 is 59.5 Å². The highest BCUT2D eigenvalue weighted by Gasteiger charge is 2.49. The summed E-state index contributed by atoms with van der Waals surface area (Å²) in [6.07, 6.45) is 56.3. The Kier molecular flexibility index (Phi) is 73.9. The van der Waals surface area contributed by atoms with Gasteiger partial charge in [-0.15, -0.1) is 0 Å². The highest BCUT2D eigenvalue weighted by Crippen LogP contribution is 2.44. The summed E-state index contributed by atoms with van der Waals surface area (Å²) in [7, 11) is -9.79. The first kappa shape index (κ1) is 115. The van der Waals surface area contributed by atoms with Gasteiger partial charge in [0.05, 0.1) is 77.8 Å². The molecule has 0 bridgehead atoms. The Bertz CT molecular complexity index is 2620. The van der Waals surface area contributed by atoms with Gasteiger partial charge in [0.1, 0.15) is 23.8 Å². The normalized spacial score (nSPS) is 16.0. The number of phosphoric ester groups is 2. The first-order valence-corrected chi connectivity index (χ1v) is 51.0. The topological polar surface area (TPSA) is 352 Å². The van der Waals surface area contributed by atoms with Crippen LogP contribution in [-0.4, -0.2) is 165 Å². The molecule has 0 aromatic carbocycles. The van der Waals surface area contributed by atoms with Gasteiger partial charge in [-0.2, -0.15) is 0 Å². The van der Waals surface area contributed by atoms with Crippen LogP contribution in [0.5, 0.6) is 0 Å². The Hall–Kier alpha value is -4.30. The number of nitrogens with one attached hydrogen (secondary N) is 4. The van der Waals surface area contributed by atoms with Crippen LogP contribution >= 0.6 is 15.6 Å². The molecule has 121 heavy (non-hydrogen) atoms. The number of hydrogen-bond donors (Lipinski definition) is 6. The maximum atomic E-state index is 13.7. The minimum atomic E-state index is -4.90. The Morgan fingerprint density at radius 3 is 0.967 bits per heavy atom. The van der Waals surface area contributed by atoms with E-state index in [1.807, 2.05) is 0 Å². The van der Waals surface area contributed by atoms with Gasteiger partial charge in [0.15, 0.2) is 18.0 Å². The van der Waals surface area contributed by atoms with E-state index in [-0.39, 0.29) is 88.7 Å². The molecule has 1 fully saturated rings. The molecule has 1 aliphatic rings. The van der Waals surface area contributed by atoms with Crippen LogP contribution in [-0.2, 0) is 94.0 Å². The van der Waals surface area contributed by atoms with Crippen LogP contribution in [0.2, 0.25) is 0 Å². The highest BCUT2D eigenvalue weighted by atomic mass is 31.2. The number of hydrogen-bond acceptors (Lipinski definition) is 20. The number of carbonyl (C=O) groups excluding carboxylic acids is 8. The van der Waals surface area contributed by atoms with Crippen molar-refractivity contribution >= 4 is 62.8 Å². The molecule has 0 radical (unpaired) electrons. The number of esters is 2. The lowest BCUT2D eigenvalue weighted by Crippen LogP contribution is -2.48. The van der Waals surface area contributed by atoms with Crippen LogP contribution in [0.4, 0.5) is 0 Å². The Morgan fingerprint density at radius 1 is 0.355 bits per heavy atom. The lowest BCUT2D eigenvalue weighted by atomic mass is 10.0. The average Bonchev–Trinajstić information content (AvgIpc) is 1.66. The third kappa shape index (κ3) is 70.5. The highest BCUT2D eigenvalue weighted by molar-refractivity contribution is 7.47. The molecule has 28 heteroatoms. The van der Waals surface area contributed by atoms with Crippen LogP contribution in [0.3, 0.4) is 0 Å². The van der Waals surface area contributed by atoms with Crippen molar-refractivity contribution in [3.8, 4) is 0 Å². The van der Waals surface area contributed by atoms with Crippen molar-refractivity contribution in [1.82, 2.24) is 21.3 Å². The Morgan fingerprint density at radius 2 is 0.645 bits per heavy atom. The van der Waals surface area contributed by atoms with Crippen LogP contribution in [0.25, 0.3) is 0 Å². The lowest BCUT2D eigenvalue weighted by molar-refractivity contribution is -0.159. The smallest absolute Gasteiger partial charge is 0.462 e. The van der Waals surface area contributed by atoms with Gasteiger partial charge in [0, 0.05) is 51.6 Å². The maximum absolute atomic E-state index is 13.7. The summed E-state index contributed by atoms with van der Waals surface area (Å²) >= 11 is 0. The van der Waals surface area contributed by atoms with E-state index in [1.165, 1.54) is 129 Å². The minimum absolute atomic E-state index is 0.120. The number of carbonyl (C=O) groups is 8. The summed E-state index contributed by atoms with van der Waals surface area (Å²) < 4.78 is 83.6. The largest absolute Gasteiger partial charge is 0.472 e. The number of ether oxygens (including phenoxy) is 6. The van der Waals surface area contributed by atoms with Crippen molar-refractivity contribution in [1.29, 1.82) is 0 Å². The second-order valence-electron chi connectivity index (χ2n) is 33.6. The van der Waals surface area contributed by atoms with Gasteiger partial charge >= 0.3 is 27.6 Å². The third-order valence-electron chi connectivity index (χ3n) is 21.3. The zero-order chi connectivity index (χ0) is 89.0. The molecule has 0 aromatic rings. The Labute approximate surface area is 731 Å². The molecule has 2 unspecified atom stereocenters. The number of amides is 4. The predicted molar refractivity (Wildman–Crippen MR) is 479 cm³/mol. The van der Waals surface area contributed by atoms with E-state index < -0.39 is 121 Å². The molecule has 706 valence electrons. The summed E-state index contributed by atoms with van der Waals surface area (Å²) in [5.41, 5.74) is 0. The molecule has 1 rings (SSSR count). The molecule has 0 saturated carbocycles. The quantitative estimate of drug-likeness (QED) is 0.0108. The van der Waals surface area contributed by atoms with Crippen molar-refractivity contribution in [2.75, 3.05) is 65.9 Å². The van der Waals surface area contributed by atoms with E-state index in [9.17, 15) is 57.3 Å². The number of Topliss-reactive ketones (excluding diaryl/α,β-unsaturated/α-hetero) is 2. The van der Waals surface area contributed by atoms with Gasteiger partial charge in [-0.25, -0.2) is 9.13 Å². The molecule has 1 heterocycles. The second-order valence-corrected chi connectivity index (χ2v) is 36.5. The molecule has 4 amide bonds. The summed E-state index contributed by atoms with van der Waals surface area (Å²) in [4.78, 5) is 128. The SMILES string of the molecule is CCCCCCC=CCCCC(=O)O[C@H](CCCCCCC)CCOC[C@H](COP(=O)(O)OCCNC(=O)[C@H]1OC(C)(C)O[C@H]1C(=O)NCCOP(=O)(O)OC[C@@H](COCC[C@@H](CCCCCCC)OC(=O)CCCC=CCCCCCC)NC(=O)CC(=O)CCCCCCCCCCCCC)NC(=O)CC(=O)CCCCCCCCCCCCC. The second kappa shape index (κ2) is 78.0. The summed E-state index contributed by atoms with van der Waals surface area (Å²) in [5.74, 6) is -5.43. The predicted octanol–water partition coefficient (Wildman–Crippen LogP) is 21.0. The summed E-state index contributed by atoms with van der Waals surface area (Å²) in [5, 5.41) is 10.5. The van der Waals surface area contributed by atoms with Crippen molar-refractivity contribution in [2.45, 2.75) is 457 Å². The van der Waals surface area contributed by atoms with E-state index in [0.29, 0.717) is 51.4 Å². The van der Waals surface area contributed by atoms with Crippen LogP contribution in [0, 0.1) is 0 Å². The van der Waals surface area contributed by atoms with Crippen LogP contribution in [0.1, 0.15) is 415 Å². The fourth-order valence-corrected chi connectivity index (χ4v) is 15.7. The molecule has 1 saturated heterocycles. The van der Waals surface area contributed by atoms with Gasteiger partial charge in [-0.05, 0) is 104 Å². The number of rotatable bonds is 88. The zero-order valence-corrected chi connectivity index (χ0v) is 78.7. The zero-order valence-electron chi connectivity index (χ0n) is 76.9. The van der Waals surface area contributed by atoms with Crippen molar-refractivity contribution in [3.05, 3.63) is 24.3 Å². The van der Waals surface area contributed by atoms with Gasteiger partial charge in [0.2, 0.25) is 11.8 Å². The van der Waals surface area contributed by atoms with Crippen molar-refractivity contribution in [2.24, 2.45) is 0 Å². The molecular weight excluding hydrogens is 1590 g/mol. The monoisotopic (exact) mass is 1760 g/mol. The summed E-state index contributed by atoms with van der Waals surface area (Å²) in [6, 6.07) is -2.04. The number of allylic oxidation sites excluding steroid dienone is 4. The van der Waals surface area contributed by atoms with Crippen LogP contribution in [0.15, 0.2) is 24.3 Å². The van der Waals surface area contributed by atoms with E-state index in [2.05, 4.69) is 87.1 Å². The van der Waals surface area contributed by atoms with Gasteiger partial charge in [-0.1, -0.05) is 284 Å². The molecular formula is C93H172N4O22P2. The molecule has 0 aliphatic carbocycles. The molecule has 0 spiro atoms. The molecule has 26 nitrogen and oxygen atoms in total.